The van der Waals surface area contributed by atoms with Crippen molar-refractivity contribution in [2.24, 2.45) is 0 Å². The highest BCUT2D eigenvalue weighted by Gasteiger charge is 2.23. The Bertz CT molecular complexity index is 1200. The minimum absolute atomic E-state index is 0.0347. The molecule has 3 amide bonds. The summed E-state index contributed by atoms with van der Waals surface area (Å²) in [7, 11) is 0. The molecule has 3 aromatic rings. The van der Waals surface area contributed by atoms with Gasteiger partial charge in [0.25, 0.3) is 0 Å². The lowest BCUT2D eigenvalue weighted by molar-refractivity contribution is -0.138. The Hall–Kier alpha value is -3.73. The molecule has 0 fully saturated rings. The van der Waals surface area contributed by atoms with Gasteiger partial charge >= 0.3 is 0 Å². The first kappa shape index (κ1) is 23.9. The van der Waals surface area contributed by atoms with Crippen LogP contribution < -0.4 is 16.4 Å². The van der Waals surface area contributed by atoms with Gasteiger partial charge in [0, 0.05) is 24.3 Å². The summed E-state index contributed by atoms with van der Waals surface area (Å²) in [6.07, 6.45) is 3.27. The molecule has 0 aliphatic rings. The van der Waals surface area contributed by atoms with Crippen molar-refractivity contribution in [1.29, 1.82) is 0 Å². The standard InChI is InChI=1S/C21H23ClFN7O3/c1-12(2)30(8-16(32)25-6-13-4-3-5-14(22)19(13)23)17(33)9-29-7-15(28-11-31)18-20(24)26-10-27-21(18)29/h3-5,7,10-12H,6,8-9H2,1-2H3,(H,25,32)(H,28,31)(H2,24,26,27). The van der Waals surface area contributed by atoms with Crippen molar-refractivity contribution in [1.82, 2.24) is 24.8 Å². The van der Waals surface area contributed by atoms with Crippen LogP contribution in [0.15, 0.2) is 30.7 Å². The summed E-state index contributed by atoms with van der Waals surface area (Å²) in [6, 6.07) is 4.23. The lowest BCUT2D eigenvalue weighted by Crippen LogP contribution is -2.45. The highest BCUT2D eigenvalue weighted by Crippen LogP contribution is 2.28. The number of nitrogens with one attached hydrogen (secondary N) is 2. The first-order valence-corrected chi connectivity index (χ1v) is 10.4. The number of nitrogen functional groups attached to an aromatic ring is 1. The molecule has 174 valence electrons. The molecule has 2 heterocycles. The van der Waals surface area contributed by atoms with Crippen LogP contribution in [0.4, 0.5) is 15.9 Å². The molecule has 33 heavy (non-hydrogen) atoms. The summed E-state index contributed by atoms with van der Waals surface area (Å²) >= 11 is 5.76. The van der Waals surface area contributed by atoms with Crippen LogP contribution in [-0.4, -0.2) is 50.2 Å². The van der Waals surface area contributed by atoms with Crippen LogP contribution in [0.1, 0.15) is 19.4 Å². The predicted molar refractivity (Wildman–Crippen MR) is 122 cm³/mol. The van der Waals surface area contributed by atoms with Gasteiger partial charge in [-0.2, -0.15) is 0 Å². The third kappa shape index (κ3) is 5.37. The Balaban J connectivity index is 1.73. The molecule has 1 aromatic carbocycles. The van der Waals surface area contributed by atoms with Gasteiger partial charge in [0.05, 0.1) is 22.6 Å². The lowest BCUT2D eigenvalue weighted by Gasteiger charge is -2.26. The second kappa shape index (κ2) is 10.3. The van der Waals surface area contributed by atoms with Crippen LogP contribution in [0.5, 0.6) is 0 Å². The molecule has 4 N–H and O–H groups in total. The van der Waals surface area contributed by atoms with Crippen LogP contribution in [0.2, 0.25) is 5.02 Å². The van der Waals surface area contributed by atoms with Gasteiger partial charge in [-0.3, -0.25) is 14.4 Å². The summed E-state index contributed by atoms with van der Waals surface area (Å²) in [6.45, 7) is 3.10. The molecule has 0 aliphatic carbocycles. The average Bonchev–Trinajstić information content (AvgIpc) is 3.11. The maximum atomic E-state index is 14.0. The van der Waals surface area contributed by atoms with Crippen molar-refractivity contribution in [3.63, 3.8) is 0 Å². The first-order valence-electron chi connectivity index (χ1n) is 10.0. The minimum Gasteiger partial charge on any atom is -0.383 e. The number of benzene rings is 1. The van der Waals surface area contributed by atoms with E-state index in [4.69, 9.17) is 17.3 Å². The number of carbonyl (C=O) groups excluding carboxylic acids is 3. The molecule has 2 aromatic heterocycles. The zero-order valence-corrected chi connectivity index (χ0v) is 18.8. The molecule has 0 atom stereocenters. The molecule has 12 heteroatoms. The number of hydrogen-bond acceptors (Lipinski definition) is 6. The van der Waals surface area contributed by atoms with Crippen LogP contribution in [0.3, 0.4) is 0 Å². The summed E-state index contributed by atoms with van der Waals surface area (Å²) in [5.41, 5.74) is 6.87. The number of halogens is 2. The van der Waals surface area contributed by atoms with E-state index in [1.807, 2.05) is 0 Å². The fourth-order valence-corrected chi connectivity index (χ4v) is 3.52. The smallest absolute Gasteiger partial charge is 0.243 e. The monoisotopic (exact) mass is 475 g/mol. The zero-order chi connectivity index (χ0) is 24.1. The average molecular weight is 476 g/mol. The predicted octanol–water partition coefficient (Wildman–Crippen LogP) is 1.93. The van der Waals surface area contributed by atoms with Crippen LogP contribution in [-0.2, 0) is 27.5 Å². The Morgan fingerprint density at radius 2 is 2.09 bits per heavy atom. The summed E-state index contributed by atoms with van der Waals surface area (Å²) in [5, 5.41) is 5.50. The van der Waals surface area contributed by atoms with Crippen molar-refractivity contribution in [2.45, 2.75) is 33.0 Å². The number of nitrogens with two attached hydrogens (primary N) is 1. The molecule has 0 unspecified atom stereocenters. The van der Waals surface area contributed by atoms with Gasteiger partial charge in [-0.25, -0.2) is 14.4 Å². The number of amides is 3. The van der Waals surface area contributed by atoms with E-state index < -0.39 is 11.7 Å². The maximum absolute atomic E-state index is 14.0. The zero-order valence-electron chi connectivity index (χ0n) is 18.0. The van der Waals surface area contributed by atoms with Crippen LogP contribution >= 0.6 is 11.6 Å². The third-order valence-electron chi connectivity index (χ3n) is 4.97. The molecular weight excluding hydrogens is 453 g/mol. The van der Waals surface area contributed by atoms with Gasteiger partial charge in [-0.05, 0) is 19.9 Å². The summed E-state index contributed by atoms with van der Waals surface area (Å²) in [5.74, 6) is -1.26. The van der Waals surface area contributed by atoms with E-state index >= 15 is 0 Å². The van der Waals surface area contributed by atoms with Gasteiger partial charge in [0.15, 0.2) is 0 Å². The largest absolute Gasteiger partial charge is 0.383 e. The third-order valence-corrected chi connectivity index (χ3v) is 5.26. The second-order valence-electron chi connectivity index (χ2n) is 7.50. The van der Waals surface area contributed by atoms with E-state index in [0.29, 0.717) is 23.1 Å². The minimum atomic E-state index is -0.600. The Morgan fingerprint density at radius 1 is 1.33 bits per heavy atom. The van der Waals surface area contributed by atoms with Gasteiger partial charge in [0.1, 0.15) is 30.2 Å². The molecule has 0 saturated heterocycles. The number of anilines is 2. The topological polar surface area (TPSA) is 135 Å². The van der Waals surface area contributed by atoms with E-state index in [9.17, 15) is 18.8 Å². The van der Waals surface area contributed by atoms with E-state index in [0.717, 1.165) is 0 Å². The summed E-state index contributed by atoms with van der Waals surface area (Å²) in [4.78, 5) is 45.9. The molecular formula is C21H23ClFN7O3. The summed E-state index contributed by atoms with van der Waals surface area (Å²) < 4.78 is 15.6. The van der Waals surface area contributed by atoms with E-state index in [1.165, 1.54) is 34.1 Å². The van der Waals surface area contributed by atoms with Crippen molar-refractivity contribution in [3.05, 3.63) is 47.1 Å². The number of carbonyl (C=O) groups is 3. The van der Waals surface area contributed by atoms with Crippen molar-refractivity contribution >= 4 is 52.4 Å². The van der Waals surface area contributed by atoms with Crippen LogP contribution in [0, 0.1) is 5.82 Å². The molecule has 0 radical (unpaired) electrons. The molecule has 3 rings (SSSR count). The number of nitrogens with zero attached hydrogens (tertiary/aromatic N) is 4. The highest BCUT2D eigenvalue weighted by molar-refractivity contribution is 6.30. The van der Waals surface area contributed by atoms with Crippen molar-refractivity contribution < 1.29 is 18.8 Å². The first-order chi connectivity index (χ1) is 15.7. The molecule has 0 bridgehead atoms. The SMILES string of the molecule is CC(C)N(CC(=O)NCc1cccc(Cl)c1F)C(=O)Cn1cc(NC=O)c2c(N)ncnc21. The molecule has 0 spiro atoms. The van der Waals surface area contributed by atoms with Crippen molar-refractivity contribution in [3.8, 4) is 0 Å². The second-order valence-corrected chi connectivity index (χ2v) is 7.90. The Kier molecular flexibility index (Phi) is 7.44. The number of hydrogen-bond donors (Lipinski definition) is 3. The van der Waals surface area contributed by atoms with Gasteiger partial charge in [0.2, 0.25) is 18.2 Å². The molecule has 0 saturated carbocycles. The maximum Gasteiger partial charge on any atom is 0.243 e. The van der Waals surface area contributed by atoms with Gasteiger partial charge in [-0.15, -0.1) is 0 Å². The van der Waals surface area contributed by atoms with E-state index in [-0.39, 0.29) is 48.0 Å². The lowest BCUT2D eigenvalue weighted by atomic mass is 10.2. The fraction of sp³-hybridized carbons (Fsp3) is 0.286. The normalized spacial score (nSPS) is 10.9. The fourth-order valence-electron chi connectivity index (χ4n) is 3.33. The van der Waals surface area contributed by atoms with Gasteiger partial charge in [-0.1, -0.05) is 23.7 Å². The molecule has 10 nitrogen and oxygen atoms in total. The number of fused-ring (bicyclic) bond motifs is 1. The number of aromatic nitrogens is 3. The van der Waals surface area contributed by atoms with E-state index in [2.05, 4.69) is 20.6 Å². The number of rotatable bonds is 9. The van der Waals surface area contributed by atoms with Gasteiger partial charge < -0.3 is 25.8 Å². The van der Waals surface area contributed by atoms with Crippen LogP contribution in [0.25, 0.3) is 11.0 Å². The Labute approximate surface area is 193 Å². The Morgan fingerprint density at radius 3 is 2.79 bits per heavy atom. The molecule has 0 aliphatic heterocycles. The van der Waals surface area contributed by atoms with Crippen molar-refractivity contribution in [2.75, 3.05) is 17.6 Å². The quantitative estimate of drug-likeness (QED) is 0.405. The highest BCUT2D eigenvalue weighted by atomic mass is 35.5. The van der Waals surface area contributed by atoms with E-state index in [1.54, 1.807) is 19.9 Å².